The van der Waals surface area contributed by atoms with Crippen LogP contribution in [0.15, 0.2) is 4.21 Å². The smallest absolute Gasteiger partial charge is 0.249 e. The number of aromatic nitrogens is 1. The van der Waals surface area contributed by atoms with Crippen molar-refractivity contribution in [2.45, 2.75) is 17.6 Å². The van der Waals surface area contributed by atoms with Crippen LogP contribution in [0, 0.1) is 12.8 Å². The Morgan fingerprint density at radius 3 is 2.76 bits per heavy atom. The fraction of sp³-hybridized carbons (Fsp3) is 0.667. The van der Waals surface area contributed by atoms with Crippen molar-refractivity contribution in [3.8, 4) is 0 Å². The Morgan fingerprint density at radius 1 is 1.59 bits per heavy atom. The van der Waals surface area contributed by atoms with Crippen molar-refractivity contribution in [1.82, 2.24) is 4.98 Å². The van der Waals surface area contributed by atoms with Crippen LogP contribution in [0.25, 0.3) is 0 Å². The predicted octanol–water partition coefficient (Wildman–Crippen LogP) is -0.116. The Morgan fingerprint density at radius 2 is 2.29 bits per heavy atom. The minimum Gasteiger partial charge on any atom is -0.348 e. The van der Waals surface area contributed by atoms with E-state index in [9.17, 15) is 8.42 Å². The summed E-state index contributed by atoms with van der Waals surface area (Å²) in [6.45, 7) is 4.03. The van der Waals surface area contributed by atoms with Crippen molar-refractivity contribution in [3.05, 3.63) is 5.69 Å². The van der Waals surface area contributed by atoms with Crippen molar-refractivity contribution in [2.24, 2.45) is 16.8 Å². The fourth-order valence-electron chi connectivity index (χ4n) is 1.97. The molecule has 96 valence electrons. The Balaban J connectivity index is 2.24. The van der Waals surface area contributed by atoms with E-state index in [4.69, 9.17) is 10.9 Å². The second-order valence-corrected chi connectivity index (χ2v) is 6.98. The molecule has 0 amide bonds. The van der Waals surface area contributed by atoms with E-state index in [2.05, 4.69) is 9.88 Å². The molecule has 0 spiro atoms. The third-order valence-electron chi connectivity index (χ3n) is 2.89. The molecule has 1 aromatic heterocycles. The summed E-state index contributed by atoms with van der Waals surface area (Å²) in [4.78, 5) is 6.35. The lowest BCUT2D eigenvalue weighted by Crippen LogP contribution is -2.22. The number of rotatable bonds is 3. The highest BCUT2D eigenvalue weighted by Crippen LogP contribution is 2.31. The molecule has 1 aliphatic heterocycles. The standard InChI is InChI=1S/C9H16N4O2S2/c1-6-8(17(11,14)15)16-9(12-6)13-3-2-7(4-10)5-13/h7H,2-5,10H2,1H3,(H2,11,14,15). The van der Waals surface area contributed by atoms with Gasteiger partial charge in [-0.2, -0.15) is 0 Å². The maximum atomic E-state index is 11.3. The maximum absolute atomic E-state index is 11.3. The summed E-state index contributed by atoms with van der Waals surface area (Å²) in [6, 6.07) is 0. The Hall–Kier alpha value is -0.700. The van der Waals surface area contributed by atoms with Gasteiger partial charge in [-0.3, -0.25) is 0 Å². The predicted molar refractivity (Wildman–Crippen MR) is 67.6 cm³/mol. The van der Waals surface area contributed by atoms with Crippen molar-refractivity contribution in [1.29, 1.82) is 0 Å². The van der Waals surface area contributed by atoms with Gasteiger partial charge in [0.1, 0.15) is 0 Å². The molecule has 1 atom stereocenters. The van der Waals surface area contributed by atoms with Crippen LogP contribution in [0.3, 0.4) is 0 Å². The molecule has 0 saturated carbocycles. The van der Waals surface area contributed by atoms with Crippen molar-refractivity contribution < 1.29 is 8.42 Å². The SMILES string of the molecule is Cc1nc(N2CCC(CN)C2)sc1S(N)(=O)=O. The highest BCUT2D eigenvalue weighted by molar-refractivity contribution is 7.91. The van der Waals surface area contributed by atoms with E-state index in [0.29, 0.717) is 18.2 Å². The number of primary sulfonamides is 1. The van der Waals surface area contributed by atoms with Crippen molar-refractivity contribution in [3.63, 3.8) is 0 Å². The van der Waals surface area contributed by atoms with Crippen LogP contribution in [0.4, 0.5) is 5.13 Å². The lowest BCUT2D eigenvalue weighted by molar-refractivity contribution is 0.599. The molecule has 17 heavy (non-hydrogen) atoms. The van der Waals surface area contributed by atoms with Crippen LogP contribution in [0.5, 0.6) is 0 Å². The number of thiazole rings is 1. The molecular formula is C9H16N4O2S2. The van der Waals surface area contributed by atoms with E-state index in [-0.39, 0.29) is 4.21 Å². The summed E-state index contributed by atoms with van der Waals surface area (Å²) in [5.41, 5.74) is 6.09. The molecule has 0 bridgehead atoms. The summed E-state index contributed by atoms with van der Waals surface area (Å²) >= 11 is 1.14. The molecular weight excluding hydrogens is 260 g/mol. The molecule has 0 radical (unpaired) electrons. The van der Waals surface area contributed by atoms with Gasteiger partial charge in [-0.1, -0.05) is 11.3 Å². The summed E-state index contributed by atoms with van der Waals surface area (Å²) in [5, 5.41) is 5.85. The molecule has 6 nitrogen and oxygen atoms in total. The van der Waals surface area contributed by atoms with Gasteiger partial charge in [-0.15, -0.1) is 0 Å². The second-order valence-electron chi connectivity index (χ2n) is 4.25. The Kier molecular flexibility index (Phi) is 3.39. The highest BCUT2D eigenvalue weighted by atomic mass is 32.2. The van der Waals surface area contributed by atoms with E-state index >= 15 is 0 Å². The van der Waals surface area contributed by atoms with Gasteiger partial charge in [0.05, 0.1) is 5.69 Å². The third-order valence-corrected chi connectivity index (χ3v) is 5.66. The van der Waals surface area contributed by atoms with Crippen LogP contribution in [0.2, 0.25) is 0 Å². The first-order chi connectivity index (χ1) is 7.91. The molecule has 1 saturated heterocycles. The van der Waals surface area contributed by atoms with E-state index in [1.165, 1.54) is 0 Å². The van der Waals surface area contributed by atoms with Crippen LogP contribution >= 0.6 is 11.3 Å². The van der Waals surface area contributed by atoms with E-state index in [0.717, 1.165) is 36.0 Å². The number of hydrogen-bond acceptors (Lipinski definition) is 6. The fourth-order valence-corrected chi connectivity index (χ4v) is 3.95. The number of hydrogen-bond donors (Lipinski definition) is 2. The topological polar surface area (TPSA) is 102 Å². The largest absolute Gasteiger partial charge is 0.348 e. The average molecular weight is 276 g/mol. The first-order valence-corrected chi connectivity index (χ1v) is 7.73. The van der Waals surface area contributed by atoms with Crippen LogP contribution < -0.4 is 15.8 Å². The normalized spacial score (nSPS) is 21.1. The molecule has 4 N–H and O–H groups in total. The molecule has 1 unspecified atom stereocenters. The van der Waals surface area contributed by atoms with Gasteiger partial charge in [0.15, 0.2) is 9.34 Å². The number of anilines is 1. The van der Waals surface area contributed by atoms with E-state index in [1.54, 1.807) is 6.92 Å². The minimum atomic E-state index is -3.66. The quantitative estimate of drug-likeness (QED) is 0.801. The number of nitrogens with zero attached hydrogens (tertiary/aromatic N) is 2. The summed E-state index contributed by atoms with van der Waals surface area (Å²) in [5.74, 6) is 0.470. The molecule has 2 heterocycles. The summed E-state index contributed by atoms with van der Waals surface area (Å²) in [7, 11) is -3.66. The van der Waals surface area contributed by atoms with Gasteiger partial charge in [0, 0.05) is 13.1 Å². The monoisotopic (exact) mass is 276 g/mol. The maximum Gasteiger partial charge on any atom is 0.249 e. The molecule has 0 aromatic carbocycles. The van der Waals surface area contributed by atoms with Crippen molar-refractivity contribution in [2.75, 3.05) is 24.5 Å². The first-order valence-electron chi connectivity index (χ1n) is 5.37. The zero-order valence-electron chi connectivity index (χ0n) is 9.59. The molecule has 8 heteroatoms. The van der Waals surface area contributed by atoms with Gasteiger partial charge in [0.2, 0.25) is 10.0 Å². The number of sulfonamides is 1. The molecule has 1 aromatic rings. The molecule has 0 aliphatic carbocycles. The lowest BCUT2D eigenvalue weighted by atomic mass is 10.1. The Labute approximate surface area is 105 Å². The zero-order valence-corrected chi connectivity index (χ0v) is 11.2. The van der Waals surface area contributed by atoms with Gasteiger partial charge in [-0.05, 0) is 25.8 Å². The van der Waals surface area contributed by atoms with Gasteiger partial charge in [-0.25, -0.2) is 18.5 Å². The third kappa shape index (κ3) is 2.59. The molecule has 1 aliphatic rings. The second kappa shape index (κ2) is 4.52. The van der Waals surface area contributed by atoms with Crippen LogP contribution in [-0.2, 0) is 10.0 Å². The van der Waals surface area contributed by atoms with Gasteiger partial charge in [0.25, 0.3) is 0 Å². The Bertz CT molecular complexity index is 511. The van der Waals surface area contributed by atoms with E-state index in [1.807, 2.05) is 0 Å². The van der Waals surface area contributed by atoms with Crippen LogP contribution in [-0.4, -0.2) is 33.0 Å². The molecule has 1 fully saturated rings. The minimum absolute atomic E-state index is 0.156. The lowest BCUT2D eigenvalue weighted by Gasteiger charge is -2.13. The molecule has 2 rings (SSSR count). The summed E-state index contributed by atoms with van der Waals surface area (Å²) in [6.07, 6.45) is 1.03. The van der Waals surface area contributed by atoms with Gasteiger partial charge < -0.3 is 10.6 Å². The number of aryl methyl sites for hydroxylation is 1. The first kappa shape index (κ1) is 12.7. The highest BCUT2D eigenvalue weighted by Gasteiger charge is 2.26. The summed E-state index contributed by atoms with van der Waals surface area (Å²) < 4.78 is 22.8. The number of nitrogens with two attached hydrogens (primary N) is 2. The average Bonchev–Trinajstić information content (AvgIpc) is 2.81. The zero-order chi connectivity index (χ0) is 12.6. The van der Waals surface area contributed by atoms with Crippen molar-refractivity contribution >= 4 is 26.5 Å². The van der Waals surface area contributed by atoms with Gasteiger partial charge >= 0.3 is 0 Å². The van der Waals surface area contributed by atoms with E-state index < -0.39 is 10.0 Å². The van der Waals surface area contributed by atoms with Crippen LogP contribution in [0.1, 0.15) is 12.1 Å².